The number of rotatable bonds is 8. The second-order valence-corrected chi connectivity index (χ2v) is 6.06. The van der Waals surface area contributed by atoms with Crippen molar-refractivity contribution in [3.8, 4) is 0 Å². The molecule has 0 saturated heterocycles. The third kappa shape index (κ3) is 4.04. The van der Waals surface area contributed by atoms with Gasteiger partial charge in [-0.15, -0.1) is 0 Å². The Balaban J connectivity index is 2.27. The van der Waals surface area contributed by atoms with Crippen LogP contribution in [0.3, 0.4) is 0 Å². The minimum Gasteiger partial charge on any atom is -0.478 e. The fourth-order valence-corrected chi connectivity index (χ4v) is 2.79. The van der Waals surface area contributed by atoms with Gasteiger partial charge in [-0.3, -0.25) is 4.79 Å². The van der Waals surface area contributed by atoms with E-state index in [2.05, 4.69) is 17.0 Å². The minimum atomic E-state index is -1.29. The van der Waals surface area contributed by atoms with Crippen molar-refractivity contribution in [1.82, 2.24) is 5.32 Å². The van der Waals surface area contributed by atoms with Crippen molar-refractivity contribution in [1.29, 1.82) is 0 Å². The highest BCUT2D eigenvalue weighted by Gasteiger charge is 2.35. The molecule has 1 atom stereocenters. The van der Waals surface area contributed by atoms with Gasteiger partial charge >= 0.3 is 17.9 Å². The number of aromatic carboxylic acids is 1. The molecule has 1 heterocycles. The number of carboxylic acid groups (broad SMARTS) is 1. The van der Waals surface area contributed by atoms with Crippen LogP contribution in [0, 0.1) is 5.92 Å². The Kier molecular flexibility index (Phi) is 5.90. The first kappa shape index (κ1) is 18.6. The molecule has 1 unspecified atom stereocenters. The summed E-state index contributed by atoms with van der Waals surface area (Å²) < 4.78 is 4.51. The minimum absolute atomic E-state index is 0.143. The van der Waals surface area contributed by atoms with Crippen molar-refractivity contribution in [2.24, 2.45) is 5.92 Å². The number of nitrogens with one attached hydrogen (secondary N) is 1. The number of hydrogen-bond acceptors (Lipinski definition) is 5. The van der Waals surface area contributed by atoms with Crippen molar-refractivity contribution in [2.75, 3.05) is 6.54 Å². The van der Waals surface area contributed by atoms with Crippen molar-refractivity contribution < 1.29 is 29.0 Å². The van der Waals surface area contributed by atoms with Gasteiger partial charge in [-0.2, -0.15) is 0 Å². The average Bonchev–Trinajstić information content (AvgIpc) is 2.88. The number of carbonyl (C=O) groups excluding carboxylic acids is 3. The first-order chi connectivity index (χ1) is 11.9. The predicted molar refractivity (Wildman–Crippen MR) is 88.8 cm³/mol. The van der Waals surface area contributed by atoms with Gasteiger partial charge in [0.1, 0.15) is 0 Å². The van der Waals surface area contributed by atoms with Gasteiger partial charge in [0.15, 0.2) is 0 Å². The molecule has 1 aliphatic rings. The van der Waals surface area contributed by atoms with E-state index in [1.54, 1.807) is 0 Å². The van der Waals surface area contributed by atoms with E-state index in [0.717, 1.165) is 37.8 Å². The molecule has 0 aromatic heterocycles. The van der Waals surface area contributed by atoms with Gasteiger partial charge in [0.25, 0.3) is 5.91 Å². The lowest BCUT2D eigenvalue weighted by Crippen LogP contribution is -2.30. The van der Waals surface area contributed by atoms with Crippen LogP contribution in [-0.2, 0) is 4.74 Å². The summed E-state index contributed by atoms with van der Waals surface area (Å²) >= 11 is 0. The molecule has 0 spiro atoms. The van der Waals surface area contributed by atoms with Crippen molar-refractivity contribution in [3.05, 3.63) is 34.4 Å². The third-order valence-corrected chi connectivity index (χ3v) is 4.33. The fourth-order valence-electron chi connectivity index (χ4n) is 2.79. The highest BCUT2D eigenvalue weighted by Crippen LogP contribution is 2.26. The molecular weight excluding hydrogens is 326 g/mol. The first-order valence-electron chi connectivity index (χ1n) is 8.35. The van der Waals surface area contributed by atoms with Crippen molar-refractivity contribution in [3.63, 3.8) is 0 Å². The number of unbranched alkanes of at least 4 members (excludes halogenated alkanes) is 1. The maximum absolute atomic E-state index is 12.5. The number of esters is 2. The first-order valence-corrected chi connectivity index (χ1v) is 8.35. The van der Waals surface area contributed by atoms with Gasteiger partial charge in [-0.1, -0.05) is 33.1 Å². The van der Waals surface area contributed by atoms with Gasteiger partial charge in [-0.05, 0) is 24.5 Å². The molecule has 1 amide bonds. The lowest BCUT2D eigenvalue weighted by Gasteiger charge is -2.16. The molecule has 2 N–H and O–H groups in total. The van der Waals surface area contributed by atoms with Crippen molar-refractivity contribution in [2.45, 2.75) is 39.5 Å². The van der Waals surface area contributed by atoms with E-state index in [0.29, 0.717) is 12.5 Å². The maximum atomic E-state index is 12.5. The zero-order valence-electron chi connectivity index (χ0n) is 14.3. The molecule has 7 nitrogen and oxygen atoms in total. The number of carboxylic acids is 1. The third-order valence-electron chi connectivity index (χ3n) is 4.33. The van der Waals surface area contributed by atoms with E-state index in [9.17, 15) is 19.2 Å². The summed E-state index contributed by atoms with van der Waals surface area (Å²) in [5, 5.41) is 11.9. The molecule has 134 valence electrons. The maximum Gasteiger partial charge on any atom is 0.347 e. The molecule has 2 rings (SSSR count). The van der Waals surface area contributed by atoms with Gasteiger partial charge in [0, 0.05) is 6.54 Å². The van der Waals surface area contributed by atoms with Crippen LogP contribution in [0.4, 0.5) is 0 Å². The summed E-state index contributed by atoms with van der Waals surface area (Å²) in [5.74, 6) is -3.45. The molecule has 0 radical (unpaired) electrons. The monoisotopic (exact) mass is 347 g/mol. The summed E-state index contributed by atoms with van der Waals surface area (Å²) in [4.78, 5) is 47.3. The molecular formula is C18H21NO6. The smallest absolute Gasteiger partial charge is 0.347 e. The SMILES string of the molecule is CCCCC(CC)CNC(=O)c1cc(C(=O)O)cc2c1C(=O)OC2=O. The number of amides is 1. The van der Waals surface area contributed by atoms with Crippen LogP contribution in [0.15, 0.2) is 12.1 Å². The van der Waals surface area contributed by atoms with E-state index in [1.165, 1.54) is 0 Å². The van der Waals surface area contributed by atoms with Gasteiger partial charge in [0.2, 0.25) is 0 Å². The Labute approximate surface area is 145 Å². The highest BCUT2D eigenvalue weighted by molar-refractivity contribution is 6.20. The Morgan fingerprint density at radius 2 is 1.92 bits per heavy atom. The molecule has 0 saturated carbocycles. The molecule has 0 fully saturated rings. The van der Waals surface area contributed by atoms with E-state index < -0.39 is 23.8 Å². The zero-order chi connectivity index (χ0) is 18.6. The summed E-state index contributed by atoms with van der Waals surface area (Å²) in [7, 11) is 0. The summed E-state index contributed by atoms with van der Waals surface area (Å²) in [6, 6.07) is 2.15. The van der Waals surface area contributed by atoms with E-state index >= 15 is 0 Å². The number of fused-ring (bicyclic) bond motifs is 1. The molecule has 1 aromatic rings. The number of cyclic esters (lactones) is 2. The zero-order valence-corrected chi connectivity index (χ0v) is 14.3. The number of ether oxygens (including phenoxy) is 1. The van der Waals surface area contributed by atoms with Gasteiger partial charge in [-0.25, -0.2) is 14.4 Å². The van der Waals surface area contributed by atoms with Crippen molar-refractivity contribution >= 4 is 23.8 Å². The van der Waals surface area contributed by atoms with Gasteiger partial charge in [0.05, 0.1) is 22.3 Å². The molecule has 1 aromatic carbocycles. The quantitative estimate of drug-likeness (QED) is 0.552. The Bertz CT molecular complexity index is 725. The Morgan fingerprint density at radius 1 is 1.20 bits per heavy atom. The van der Waals surface area contributed by atoms with E-state index in [4.69, 9.17) is 5.11 Å². The lowest BCUT2D eigenvalue weighted by molar-refractivity contribution is 0.0441. The van der Waals surface area contributed by atoms with Gasteiger partial charge < -0.3 is 15.2 Å². The van der Waals surface area contributed by atoms with Crippen LogP contribution in [-0.4, -0.2) is 35.5 Å². The molecule has 7 heteroatoms. The number of hydrogen-bond donors (Lipinski definition) is 2. The normalized spacial score (nSPS) is 14.0. The summed E-state index contributed by atoms with van der Waals surface area (Å²) in [6.45, 7) is 4.55. The van der Waals surface area contributed by atoms with E-state index in [-0.39, 0.29) is 22.3 Å². The van der Waals surface area contributed by atoms with Crippen LogP contribution < -0.4 is 5.32 Å². The topological polar surface area (TPSA) is 110 Å². The van der Waals surface area contributed by atoms with Crippen LogP contribution in [0.5, 0.6) is 0 Å². The standard InChI is InChI=1S/C18H21NO6/c1-3-5-6-10(4-2)9-19-15(20)12-7-11(16(21)22)8-13-14(12)18(24)25-17(13)23/h7-8,10H,3-6,9H2,1-2H3,(H,19,20)(H,21,22). The van der Waals surface area contributed by atoms with E-state index in [1.807, 2.05) is 6.92 Å². The highest BCUT2D eigenvalue weighted by atomic mass is 16.6. The molecule has 0 aliphatic carbocycles. The molecule has 25 heavy (non-hydrogen) atoms. The fraction of sp³-hybridized carbons (Fsp3) is 0.444. The average molecular weight is 347 g/mol. The van der Waals surface area contributed by atoms with Crippen LogP contribution >= 0.6 is 0 Å². The largest absolute Gasteiger partial charge is 0.478 e. The number of carbonyl (C=O) groups is 4. The Morgan fingerprint density at radius 3 is 2.52 bits per heavy atom. The summed E-state index contributed by atoms with van der Waals surface area (Å²) in [5.41, 5.74) is -0.744. The lowest BCUT2D eigenvalue weighted by atomic mass is 9.97. The molecule has 0 bridgehead atoms. The van der Waals surface area contributed by atoms with Crippen LogP contribution in [0.2, 0.25) is 0 Å². The van der Waals surface area contributed by atoms with Crippen LogP contribution in [0.25, 0.3) is 0 Å². The predicted octanol–water partition coefficient (Wildman–Crippen LogP) is 2.64. The second kappa shape index (κ2) is 7.92. The Hall–Kier alpha value is -2.70. The second-order valence-electron chi connectivity index (χ2n) is 6.06. The molecule has 1 aliphatic heterocycles. The number of benzene rings is 1. The summed E-state index contributed by atoms with van der Waals surface area (Å²) in [6.07, 6.45) is 3.99. The van der Waals surface area contributed by atoms with Crippen LogP contribution in [0.1, 0.15) is 81.0 Å².